The van der Waals surface area contributed by atoms with Gasteiger partial charge in [-0.2, -0.15) is 0 Å². The van der Waals surface area contributed by atoms with E-state index in [0.29, 0.717) is 3.57 Å². The van der Waals surface area contributed by atoms with Crippen molar-refractivity contribution in [2.45, 2.75) is 13.1 Å². The number of hydrogen-bond acceptors (Lipinski definition) is 6. The summed E-state index contributed by atoms with van der Waals surface area (Å²) < 4.78 is 31.7. The lowest BCUT2D eigenvalue weighted by molar-refractivity contribution is 0.0696. The number of nitrogens with two attached hydrogens (primary N) is 1. The smallest absolute Gasteiger partial charge is 0.339 e. The second-order valence-electron chi connectivity index (χ2n) is 8.93. The van der Waals surface area contributed by atoms with Crippen LogP contribution < -0.4 is 27.5 Å². The molecule has 0 aliphatic carbocycles. The number of aromatic nitrogens is 2. The van der Waals surface area contributed by atoms with Gasteiger partial charge in [0, 0.05) is 44.8 Å². The number of halogens is 4. The molecule has 228 valence electrons. The summed E-state index contributed by atoms with van der Waals surface area (Å²) in [5.74, 6) is -2.95. The Balaban J connectivity index is 0.000000240. The molecule has 14 heteroatoms. The van der Waals surface area contributed by atoms with Crippen molar-refractivity contribution in [3.63, 3.8) is 0 Å². The number of anilines is 4. The first-order chi connectivity index (χ1) is 20.8. The Hall–Kier alpha value is -4.32. The maximum absolute atomic E-state index is 13.9. The number of carboxylic acids is 1. The number of carbonyl (C=O) groups excluding carboxylic acids is 1. The number of carbonyl (C=O) groups is 2. The van der Waals surface area contributed by atoms with E-state index in [4.69, 9.17) is 5.73 Å². The van der Waals surface area contributed by atoms with Gasteiger partial charge in [-0.25, -0.2) is 13.6 Å². The zero-order valence-electron chi connectivity index (χ0n) is 22.8. The van der Waals surface area contributed by atoms with E-state index in [0.717, 1.165) is 9.64 Å². The van der Waals surface area contributed by atoms with Crippen LogP contribution in [0.2, 0.25) is 0 Å². The van der Waals surface area contributed by atoms with Gasteiger partial charge in [-0.15, -0.1) is 13.2 Å². The second kappa shape index (κ2) is 15.4. The molecule has 0 bridgehead atoms. The maximum atomic E-state index is 13.9. The quantitative estimate of drug-likeness (QED) is 0.116. The number of primary amides is 1. The van der Waals surface area contributed by atoms with E-state index in [9.17, 15) is 33.1 Å². The highest BCUT2D eigenvalue weighted by atomic mass is 127. The third kappa shape index (κ3) is 8.85. The number of nitrogens with zero attached hydrogens (tertiary/aromatic N) is 2. The molecule has 0 spiro atoms. The Kier molecular flexibility index (Phi) is 12.0. The van der Waals surface area contributed by atoms with Crippen LogP contribution in [0.5, 0.6) is 0 Å². The molecule has 44 heavy (non-hydrogen) atoms. The van der Waals surface area contributed by atoms with Crippen LogP contribution in [0.3, 0.4) is 0 Å². The molecule has 4 rings (SSSR count). The molecule has 5 N–H and O–H groups in total. The highest BCUT2D eigenvalue weighted by molar-refractivity contribution is 14.1. The minimum absolute atomic E-state index is 0.0397. The van der Waals surface area contributed by atoms with Crippen LogP contribution in [0, 0.1) is 18.8 Å². The summed E-state index contributed by atoms with van der Waals surface area (Å²) in [6.45, 7) is 7.49. The molecule has 4 aromatic rings. The van der Waals surface area contributed by atoms with Gasteiger partial charge in [0.05, 0.1) is 33.9 Å². The molecular weight excluding hydrogens is 802 g/mol. The summed E-state index contributed by atoms with van der Waals surface area (Å²) in [6.07, 6.45) is 5.55. The van der Waals surface area contributed by atoms with Crippen LogP contribution >= 0.6 is 45.2 Å². The summed E-state index contributed by atoms with van der Waals surface area (Å²) >= 11 is 3.95. The van der Waals surface area contributed by atoms with Crippen LogP contribution in [0.15, 0.2) is 95.8 Å². The van der Waals surface area contributed by atoms with Gasteiger partial charge < -0.3 is 30.6 Å². The van der Waals surface area contributed by atoms with Gasteiger partial charge in [-0.3, -0.25) is 14.4 Å². The first kappa shape index (κ1) is 34.2. The molecular formula is C30H25F2I2N5O5. The molecule has 2 aromatic heterocycles. The van der Waals surface area contributed by atoms with Crippen LogP contribution in [0.4, 0.5) is 31.5 Å². The van der Waals surface area contributed by atoms with Crippen LogP contribution in [-0.2, 0) is 13.1 Å². The predicted octanol–water partition coefficient (Wildman–Crippen LogP) is 5.84. The van der Waals surface area contributed by atoms with E-state index in [1.807, 2.05) is 45.2 Å². The van der Waals surface area contributed by atoms with Gasteiger partial charge in [0.2, 0.25) is 0 Å². The van der Waals surface area contributed by atoms with Crippen molar-refractivity contribution in [2.75, 3.05) is 10.6 Å². The lowest BCUT2D eigenvalue weighted by Crippen LogP contribution is -2.23. The number of amides is 1. The maximum Gasteiger partial charge on any atom is 0.339 e. The average Bonchev–Trinajstić information content (AvgIpc) is 2.94. The summed E-state index contributed by atoms with van der Waals surface area (Å²) in [5, 5.41) is 14.7. The molecule has 0 unspecified atom stereocenters. The number of nitrogens with one attached hydrogen (secondary N) is 2. The summed E-state index contributed by atoms with van der Waals surface area (Å²) in [4.78, 5) is 46.8. The van der Waals surface area contributed by atoms with Gasteiger partial charge in [0.15, 0.2) is 0 Å². The Morgan fingerprint density at radius 2 is 1.18 bits per heavy atom. The fourth-order valence-electron chi connectivity index (χ4n) is 3.76. The zero-order chi connectivity index (χ0) is 32.6. The fraction of sp³-hybridized carbons (Fsp3) is 0.0667. The number of benzene rings is 2. The Morgan fingerprint density at radius 1 is 0.773 bits per heavy atom. The first-order valence-corrected chi connectivity index (χ1v) is 14.7. The van der Waals surface area contributed by atoms with Crippen molar-refractivity contribution in [2.24, 2.45) is 5.73 Å². The molecule has 1 amide bonds. The van der Waals surface area contributed by atoms with Crippen molar-refractivity contribution in [1.82, 2.24) is 9.13 Å². The molecule has 0 aliphatic rings. The average molecular weight is 827 g/mol. The molecule has 10 nitrogen and oxygen atoms in total. The number of pyridine rings is 2. The number of hydrogen-bond donors (Lipinski definition) is 4. The van der Waals surface area contributed by atoms with E-state index in [2.05, 4.69) is 23.8 Å². The number of rotatable bonds is 10. The topological polar surface area (TPSA) is 148 Å². The molecule has 0 fully saturated rings. The second-order valence-corrected chi connectivity index (χ2v) is 11.4. The lowest BCUT2D eigenvalue weighted by atomic mass is 10.2. The van der Waals surface area contributed by atoms with Gasteiger partial charge in [0.25, 0.3) is 17.0 Å². The summed E-state index contributed by atoms with van der Waals surface area (Å²) in [6, 6.07) is 11.4. The molecule has 2 aromatic carbocycles. The van der Waals surface area contributed by atoms with Gasteiger partial charge in [-0.05, 0) is 81.6 Å². The van der Waals surface area contributed by atoms with Gasteiger partial charge >= 0.3 is 5.97 Å². The third-order valence-electron chi connectivity index (χ3n) is 5.80. The van der Waals surface area contributed by atoms with Gasteiger partial charge in [0.1, 0.15) is 11.6 Å². The fourth-order valence-corrected chi connectivity index (χ4v) is 4.66. The molecule has 0 aliphatic heterocycles. The van der Waals surface area contributed by atoms with Crippen LogP contribution in [0.25, 0.3) is 0 Å². The summed E-state index contributed by atoms with van der Waals surface area (Å²) in [5.41, 5.74) is 5.01. The van der Waals surface area contributed by atoms with E-state index in [1.165, 1.54) is 64.0 Å². The SMILES string of the molecule is C=CCn1cc(C(=O)O)c(Nc2ccc(I)cc2F)cc1=O.C=CCn1cc(C(N)=O)c(Nc2ccc(I)cc2F)cc1=O. The highest BCUT2D eigenvalue weighted by Crippen LogP contribution is 2.25. The minimum Gasteiger partial charge on any atom is -0.478 e. The Labute approximate surface area is 277 Å². The van der Waals surface area contributed by atoms with E-state index >= 15 is 0 Å². The number of aromatic carboxylic acids is 1. The molecule has 0 saturated carbocycles. The van der Waals surface area contributed by atoms with E-state index in [-0.39, 0.29) is 52.5 Å². The van der Waals surface area contributed by atoms with Crippen molar-refractivity contribution in [3.8, 4) is 0 Å². The van der Waals surface area contributed by atoms with Gasteiger partial charge in [-0.1, -0.05) is 12.2 Å². The largest absolute Gasteiger partial charge is 0.478 e. The van der Waals surface area contributed by atoms with Crippen LogP contribution in [-0.4, -0.2) is 26.1 Å². The molecule has 0 radical (unpaired) electrons. The summed E-state index contributed by atoms with van der Waals surface area (Å²) in [7, 11) is 0. The normalized spacial score (nSPS) is 10.3. The van der Waals surface area contributed by atoms with Crippen molar-refractivity contribution in [1.29, 1.82) is 0 Å². The van der Waals surface area contributed by atoms with Crippen molar-refractivity contribution in [3.05, 3.63) is 137 Å². The van der Waals surface area contributed by atoms with E-state index < -0.39 is 29.1 Å². The third-order valence-corrected chi connectivity index (χ3v) is 7.14. The minimum atomic E-state index is -1.22. The monoisotopic (exact) mass is 827 g/mol. The molecule has 2 heterocycles. The first-order valence-electron chi connectivity index (χ1n) is 12.5. The van der Waals surface area contributed by atoms with E-state index in [1.54, 1.807) is 12.1 Å². The number of allylic oxidation sites excluding steroid dienone is 2. The lowest BCUT2D eigenvalue weighted by Gasteiger charge is -2.13. The zero-order valence-corrected chi connectivity index (χ0v) is 27.1. The molecule has 0 saturated heterocycles. The van der Waals surface area contributed by atoms with Crippen molar-refractivity contribution < 1.29 is 23.5 Å². The number of carboxylic acid groups (broad SMARTS) is 1. The predicted molar refractivity (Wildman–Crippen MR) is 182 cm³/mol. The van der Waals surface area contributed by atoms with Crippen molar-refractivity contribution >= 4 is 79.8 Å². The van der Waals surface area contributed by atoms with Crippen LogP contribution in [0.1, 0.15) is 20.7 Å². The Bertz CT molecular complexity index is 1740. The standard InChI is InChI=1S/C15H13FIN3O2.C15H12FIN2O3/c1-2-5-20-8-10(15(18)22)13(7-14(20)21)19-12-4-3-9(17)6-11(12)16;1-2-5-19-8-10(15(21)22)13(7-14(19)20)18-12-4-3-9(17)6-11(12)16/h2-4,6-8,19H,1,5H2,(H2,18,22);2-4,6-8,18H,1,5H2,(H,21,22). The highest BCUT2D eigenvalue weighted by Gasteiger charge is 2.15. The molecule has 0 atom stereocenters. The Morgan fingerprint density at radius 3 is 1.55 bits per heavy atom.